The van der Waals surface area contributed by atoms with E-state index in [2.05, 4.69) is 34.4 Å². The van der Waals surface area contributed by atoms with E-state index >= 15 is 0 Å². The molecule has 18 heteroatoms. The Morgan fingerprint density at radius 3 is 1.58 bits per heavy atom. The Bertz CT molecular complexity index is 2400. The zero-order valence-electron chi connectivity index (χ0n) is 38.5. The first-order valence-electron chi connectivity index (χ1n) is 21.3. The largest absolute Gasteiger partial charge is 0.496 e. The molecular weight excluding hydrogens is 882 g/mol. The molecule has 3 heterocycles. The van der Waals surface area contributed by atoms with Gasteiger partial charge in [-0.2, -0.15) is 0 Å². The molecule has 0 saturated carbocycles. The summed E-state index contributed by atoms with van der Waals surface area (Å²) in [6, 6.07) is 12.9. The monoisotopic (exact) mass is 940 g/mol. The highest BCUT2D eigenvalue weighted by Crippen LogP contribution is 2.37. The summed E-state index contributed by atoms with van der Waals surface area (Å²) in [5.41, 5.74) is 1.54. The molecule has 0 atom stereocenters. The number of amides is 2. The van der Waals surface area contributed by atoms with Gasteiger partial charge in [0, 0.05) is 65.6 Å². The Morgan fingerprint density at radius 1 is 0.641 bits per heavy atom. The zero-order chi connectivity index (χ0) is 47.9. The summed E-state index contributed by atoms with van der Waals surface area (Å²) in [7, 11) is -0.529. The van der Waals surface area contributed by atoms with Gasteiger partial charge in [0.2, 0.25) is 11.8 Å². The van der Waals surface area contributed by atoms with Crippen molar-refractivity contribution in [1.29, 1.82) is 0 Å². The maximum Gasteiger partial charge on any atom is 0.496 e. The number of Topliss-reactive ketones (excluding diaryl/α,β-unsaturated/α-hetero) is 2. The van der Waals surface area contributed by atoms with Crippen LogP contribution in [0.4, 0.5) is 11.4 Å². The number of nitrogens with zero attached hydrogens (tertiary/aromatic N) is 4. The van der Waals surface area contributed by atoms with Gasteiger partial charge < -0.3 is 19.9 Å². The summed E-state index contributed by atoms with van der Waals surface area (Å²) in [6.45, 7) is 18.0. The molecule has 5 rings (SSSR count). The SMILES string of the molecule is CC(=O)Nc1cc(Cl)ccc1B1OC(C)(C)C(C)(C)O1.CCCCCc1nc(-c2ccc(Cl)cc2NC(C)=O)cc(=O)n1CC(C)=O.CCCCCc1nc(Cl)cc(=O)n1CC(C)=O. The number of carbonyl (C=O) groups excluding carboxylic acids is 4. The van der Waals surface area contributed by atoms with Gasteiger partial charge in [-0.05, 0) is 84.7 Å². The smallest absolute Gasteiger partial charge is 0.399 e. The van der Waals surface area contributed by atoms with E-state index in [0.29, 0.717) is 57.2 Å². The number of hydrogen-bond donors (Lipinski definition) is 2. The van der Waals surface area contributed by atoms with Crippen LogP contribution in [-0.4, -0.2) is 60.8 Å². The molecule has 2 N–H and O–H groups in total. The first-order valence-corrected chi connectivity index (χ1v) is 22.5. The van der Waals surface area contributed by atoms with Crippen LogP contribution in [0.2, 0.25) is 15.2 Å². The van der Waals surface area contributed by atoms with E-state index in [1.165, 1.54) is 49.0 Å². The minimum absolute atomic E-state index is 0.00669. The summed E-state index contributed by atoms with van der Waals surface area (Å²) in [4.78, 5) is 78.7. The van der Waals surface area contributed by atoms with Crippen LogP contribution in [0.3, 0.4) is 0 Å². The molecule has 0 unspecified atom stereocenters. The third-order valence-corrected chi connectivity index (χ3v) is 11.0. The molecule has 14 nitrogen and oxygen atoms in total. The lowest BCUT2D eigenvalue weighted by Gasteiger charge is -2.32. The molecule has 1 fully saturated rings. The molecule has 1 saturated heterocycles. The molecule has 1 aliphatic rings. The van der Waals surface area contributed by atoms with Crippen molar-refractivity contribution in [2.75, 3.05) is 10.6 Å². The number of halogens is 3. The second-order valence-electron chi connectivity index (χ2n) is 16.6. The first kappa shape index (κ1) is 53.7. The van der Waals surface area contributed by atoms with Gasteiger partial charge in [0.25, 0.3) is 11.1 Å². The summed E-state index contributed by atoms with van der Waals surface area (Å²) in [5, 5.41) is 6.70. The van der Waals surface area contributed by atoms with Crippen molar-refractivity contribution in [2.24, 2.45) is 0 Å². The second kappa shape index (κ2) is 24.6. The highest BCUT2D eigenvalue weighted by molar-refractivity contribution is 6.64. The van der Waals surface area contributed by atoms with E-state index in [1.807, 2.05) is 33.8 Å². The predicted octanol–water partition coefficient (Wildman–Crippen LogP) is 8.66. The maximum atomic E-state index is 12.7. The number of aromatic nitrogens is 4. The molecular formula is C46H60BCl3N6O8. The van der Waals surface area contributed by atoms with E-state index in [1.54, 1.807) is 30.3 Å². The number of aryl methyl sites for hydroxylation is 2. The van der Waals surface area contributed by atoms with Crippen molar-refractivity contribution in [1.82, 2.24) is 19.1 Å². The van der Waals surface area contributed by atoms with Crippen molar-refractivity contribution in [2.45, 2.75) is 145 Å². The number of benzene rings is 2. The molecule has 0 bridgehead atoms. The molecule has 1 aliphatic heterocycles. The molecule has 2 aromatic carbocycles. The maximum absolute atomic E-state index is 12.7. The third kappa shape index (κ3) is 16.1. The fraction of sp³-hybridized carbons (Fsp3) is 0.478. The van der Waals surface area contributed by atoms with E-state index in [0.717, 1.165) is 44.0 Å². The second-order valence-corrected chi connectivity index (χ2v) is 17.9. The zero-order valence-corrected chi connectivity index (χ0v) is 40.7. The van der Waals surface area contributed by atoms with Crippen molar-refractivity contribution in [3.05, 3.63) is 96.1 Å². The number of carbonyl (C=O) groups is 4. The van der Waals surface area contributed by atoms with Crippen molar-refractivity contribution >= 4 is 82.1 Å². The van der Waals surface area contributed by atoms with Crippen LogP contribution in [0.1, 0.15) is 119 Å². The molecule has 4 aromatic rings. The number of unbranched alkanes of at least 4 members (excludes halogenated alkanes) is 4. The quantitative estimate of drug-likeness (QED) is 0.0627. The van der Waals surface area contributed by atoms with Crippen molar-refractivity contribution in [3.63, 3.8) is 0 Å². The lowest BCUT2D eigenvalue weighted by atomic mass is 9.78. The number of anilines is 2. The van der Waals surface area contributed by atoms with Gasteiger partial charge in [-0.1, -0.05) is 80.4 Å². The summed E-state index contributed by atoms with van der Waals surface area (Å²) in [6.07, 6.45) is 7.33. The number of nitrogens with one attached hydrogen (secondary N) is 2. The van der Waals surface area contributed by atoms with Crippen LogP contribution in [-0.2, 0) is 54.4 Å². The fourth-order valence-corrected chi connectivity index (χ4v) is 7.02. The van der Waals surface area contributed by atoms with Gasteiger partial charge in [0.1, 0.15) is 28.4 Å². The van der Waals surface area contributed by atoms with E-state index in [9.17, 15) is 28.8 Å². The lowest BCUT2D eigenvalue weighted by molar-refractivity contribution is -0.118. The average Bonchev–Trinajstić information content (AvgIpc) is 3.39. The highest BCUT2D eigenvalue weighted by atomic mass is 35.5. The Hall–Kier alpha value is -4.67. The van der Waals surface area contributed by atoms with E-state index in [4.69, 9.17) is 44.1 Å². The van der Waals surface area contributed by atoms with E-state index < -0.39 is 18.3 Å². The molecule has 0 radical (unpaired) electrons. The molecule has 2 aromatic heterocycles. The Balaban J connectivity index is 0.000000263. The van der Waals surface area contributed by atoms with Gasteiger partial charge in [-0.15, -0.1) is 0 Å². The number of ketones is 2. The van der Waals surface area contributed by atoms with Crippen LogP contribution >= 0.6 is 34.8 Å². The van der Waals surface area contributed by atoms with Crippen LogP contribution in [0.15, 0.2) is 58.1 Å². The third-order valence-electron chi connectivity index (χ3n) is 10.3. The highest BCUT2D eigenvalue weighted by Gasteiger charge is 2.52. The Labute approximate surface area is 390 Å². The fourth-order valence-electron chi connectivity index (χ4n) is 6.48. The van der Waals surface area contributed by atoms with Crippen molar-refractivity contribution < 1.29 is 28.5 Å². The summed E-state index contributed by atoms with van der Waals surface area (Å²) in [5.74, 6) is 0.606. The molecule has 64 heavy (non-hydrogen) atoms. The normalized spacial score (nSPS) is 13.5. The van der Waals surface area contributed by atoms with Crippen LogP contribution in [0.25, 0.3) is 11.3 Å². The van der Waals surface area contributed by atoms with Gasteiger partial charge in [-0.25, -0.2) is 9.97 Å². The van der Waals surface area contributed by atoms with Gasteiger partial charge >= 0.3 is 7.12 Å². The number of rotatable bonds is 16. The molecule has 2 amide bonds. The lowest BCUT2D eigenvalue weighted by Crippen LogP contribution is -2.41. The first-order chi connectivity index (χ1) is 30.0. The Kier molecular flexibility index (Phi) is 20.6. The summed E-state index contributed by atoms with van der Waals surface area (Å²) < 4.78 is 14.8. The molecule has 0 spiro atoms. The molecule has 346 valence electrons. The predicted molar refractivity (Wildman–Crippen MR) is 256 cm³/mol. The van der Waals surface area contributed by atoms with Crippen molar-refractivity contribution in [3.8, 4) is 11.3 Å². The van der Waals surface area contributed by atoms with Gasteiger partial charge in [-0.3, -0.25) is 37.9 Å². The minimum Gasteiger partial charge on any atom is -0.399 e. The van der Waals surface area contributed by atoms with Gasteiger partial charge in [0.05, 0.1) is 35.7 Å². The summed E-state index contributed by atoms with van der Waals surface area (Å²) >= 11 is 17.8. The number of hydrogen-bond acceptors (Lipinski definition) is 10. The molecule has 0 aliphatic carbocycles. The van der Waals surface area contributed by atoms with Gasteiger partial charge in [0.15, 0.2) is 0 Å². The van der Waals surface area contributed by atoms with E-state index in [-0.39, 0.29) is 52.7 Å². The topological polar surface area (TPSA) is 181 Å². The van der Waals surface area contributed by atoms with Crippen LogP contribution < -0.4 is 27.2 Å². The van der Waals surface area contributed by atoms with Crippen LogP contribution in [0.5, 0.6) is 0 Å². The average molecular weight is 942 g/mol. The minimum atomic E-state index is -0.529. The van der Waals surface area contributed by atoms with Crippen LogP contribution in [0, 0.1) is 0 Å². The standard InChI is InChI=1S/C20H24ClN3O3.C14H19BClNO3.C12H17ClN2O2/c1-4-5-6-7-19-23-18(11-20(27)24(19)12-13(2)25)16-9-8-15(21)10-17(16)22-14(3)26;1-9(18)17-12-8-10(16)6-7-11(12)15-19-13(2,3)14(4,5)20-15;1-3-4-5-6-11-14-10(13)7-12(17)15(11)8-9(2)16/h8-11H,4-7,12H2,1-3H3,(H,22,26);6-8H,1-5H3,(H,17,18);7H,3-6,8H2,1-2H3. The Morgan fingerprint density at radius 2 is 1.09 bits per heavy atom.